The first kappa shape index (κ1) is 23.9. The zero-order valence-electron chi connectivity index (χ0n) is 17.7. The lowest BCUT2D eigenvalue weighted by molar-refractivity contribution is -0.152. The van der Waals surface area contributed by atoms with Crippen molar-refractivity contribution in [2.45, 2.75) is 122 Å². The summed E-state index contributed by atoms with van der Waals surface area (Å²) in [5.41, 5.74) is 0. The number of esters is 2. The standard InChI is InChI=1S/C24H42O3/c1-2-3-4-5-6-7-8-9-10-11-12-13-14-15-16-17-18-19-20-22-21-23(25)27-24(22)26/h19-20,22H,2-18,21H2,1H3/b20-19+. The quantitative estimate of drug-likeness (QED) is 0.109. The Bertz CT molecular complexity index is 414. The maximum atomic E-state index is 11.3. The number of allylic oxidation sites excluding steroid dienone is 1. The van der Waals surface area contributed by atoms with Crippen molar-refractivity contribution in [2.75, 3.05) is 0 Å². The first-order chi connectivity index (χ1) is 13.2. The van der Waals surface area contributed by atoms with Crippen molar-refractivity contribution in [3.63, 3.8) is 0 Å². The molecule has 1 aliphatic heterocycles. The van der Waals surface area contributed by atoms with Crippen LogP contribution in [0.25, 0.3) is 0 Å². The molecule has 0 saturated carbocycles. The molecule has 0 spiro atoms. The van der Waals surface area contributed by atoms with Gasteiger partial charge in [0.1, 0.15) is 0 Å². The van der Waals surface area contributed by atoms with Crippen LogP contribution in [0.1, 0.15) is 122 Å². The summed E-state index contributed by atoms with van der Waals surface area (Å²) in [7, 11) is 0. The van der Waals surface area contributed by atoms with Crippen LogP contribution in [0.2, 0.25) is 0 Å². The van der Waals surface area contributed by atoms with Crippen LogP contribution in [-0.4, -0.2) is 11.9 Å². The van der Waals surface area contributed by atoms with Gasteiger partial charge in [-0.1, -0.05) is 115 Å². The van der Waals surface area contributed by atoms with E-state index in [1.54, 1.807) is 0 Å². The van der Waals surface area contributed by atoms with E-state index in [4.69, 9.17) is 0 Å². The molecule has 27 heavy (non-hydrogen) atoms. The minimum atomic E-state index is -0.392. The van der Waals surface area contributed by atoms with Crippen molar-refractivity contribution in [3.05, 3.63) is 12.2 Å². The van der Waals surface area contributed by atoms with Gasteiger partial charge in [0.15, 0.2) is 0 Å². The number of carbonyl (C=O) groups is 2. The van der Waals surface area contributed by atoms with E-state index < -0.39 is 5.97 Å². The highest BCUT2D eigenvalue weighted by molar-refractivity contribution is 5.95. The van der Waals surface area contributed by atoms with Gasteiger partial charge in [0.25, 0.3) is 0 Å². The van der Waals surface area contributed by atoms with E-state index in [-0.39, 0.29) is 18.3 Å². The van der Waals surface area contributed by atoms with Crippen molar-refractivity contribution in [1.29, 1.82) is 0 Å². The Hall–Kier alpha value is -1.12. The Balaban J connectivity index is 1.74. The molecular formula is C24H42O3. The molecule has 0 aromatic rings. The summed E-state index contributed by atoms with van der Waals surface area (Å²) in [5, 5.41) is 0. The summed E-state index contributed by atoms with van der Waals surface area (Å²) in [6, 6.07) is 0. The molecule has 1 rings (SSSR count). The number of ether oxygens (including phenoxy) is 1. The lowest BCUT2D eigenvalue weighted by Gasteiger charge is -2.03. The molecule has 1 saturated heterocycles. The van der Waals surface area contributed by atoms with Crippen LogP contribution in [-0.2, 0) is 14.3 Å². The highest BCUT2D eigenvalue weighted by atomic mass is 16.6. The summed E-state index contributed by atoms with van der Waals surface area (Å²) < 4.78 is 4.53. The van der Waals surface area contributed by atoms with Gasteiger partial charge in [0.05, 0.1) is 12.3 Å². The van der Waals surface area contributed by atoms with Crippen LogP contribution < -0.4 is 0 Å². The van der Waals surface area contributed by atoms with Gasteiger partial charge in [-0.3, -0.25) is 9.59 Å². The van der Waals surface area contributed by atoms with Crippen molar-refractivity contribution in [1.82, 2.24) is 0 Å². The van der Waals surface area contributed by atoms with Crippen LogP contribution in [0.4, 0.5) is 0 Å². The summed E-state index contributed by atoms with van der Waals surface area (Å²) in [4.78, 5) is 22.3. The predicted molar refractivity (Wildman–Crippen MR) is 113 cm³/mol. The number of hydrogen-bond acceptors (Lipinski definition) is 3. The van der Waals surface area contributed by atoms with Gasteiger partial charge in [-0.15, -0.1) is 0 Å². The minimum absolute atomic E-state index is 0.217. The molecule has 156 valence electrons. The second-order valence-electron chi connectivity index (χ2n) is 8.12. The molecular weight excluding hydrogens is 336 g/mol. The fraction of sp³-hybridized carbons (Fsp3) is 0.833. The highest BCUT2D eigenvalue weighted by Gasteiger charge is 2.30. The second kappa shape index (κ2) is 17.0. The molecule has 0 aliphatic carbocycles. The van der Waals surface area contributed by atoms with Crippen molar-refractivity contribution >= 4 is 11.9 Å². The monoisotopic (exact) mass is 378 g/mol. The molecule has 0 aromatic carbocycles. The maximum absolute atomic E-state index is 11.3. The highest BCUT2D eigenvalue weighted by Crippen LogP contribution is 2.18. The Labute approximate surface area is 167 Å². The summed E-state index contributed by atoms with van der Waals surface area (Å²) in [5.74, 6) is -1.11. The van der Waals surface area contributed by atoms with Crippen LogP contribution in [0.15, 0.2) is 12.2 Å². The van der Waals surface area contributed by atoms with Crippen molar-refractivity contribution in [2.24, 2.45) is 5.92 Å². The minimum Gasteiger partial charge on any atom is -0.393 e. The average Bonchev–Trinajstić information content (AvgIpc) is 2.98. The number of cyclic esters (lactones) is 2. The smallest absolute Gasteiger partial charge is 0.321 e. The fourth-order valence-corrected chi connectivity index (χ4v) is 3.71. The third-order valence-electron chi connectivity index (χ3n) is 5.50. The van der Waals surface area contributed by atoms with E-state index in [2.05, 4.69) is 11.7 Å². The van der Waals surface area contributed by atoms with Crippen LogP contribution >= 0.6 is 0 Å². The third-order valence-corrected chi connectivity index (χ3v) is 5.50. The molecule has 0 N–H and O–H groups in total. The molecule has 1 aliphatic rings. The van der Waals surface area contributed by atoms with Gasteiger partial charge in [-0.25, -0.2) is 0 Å². The zero-order chi connectivity index (χ0) is 19.6. The molecule has 1 atom stereocenters. The van der Waals surface area contributed by atoms with E-state index in [1.807, 2.05) is 12.2 Å². The number of carbonyl (C=O) groups excluding carboxylic acids is 2. The molecule has 0 amide bonds. The van der Waals surface area contributed by atoms with Gasteiger partial charge >= 0.3 is 11.9 Å². The summed E-state index contributed by atoms with van der Waals surface area (Å²) in [6.07, 6.45) is 27.2. The fourth-order valence-electron chi connectivity index (χ4n) is 3.71. The van der Waals surface area contributed by atoms with E-state index in [0.717, 1.165) is 6.42 Å². The molecule has 0 aromatic heterocycles. The van der Waals surface area contributed by atoms with Crippen LogP contribution in [0, 0.1) is 5.92 Å². The topological polar surface area (TPSA) is 43.4 Å². The molecule has 1 fully saturated rings. The van der Waals surface area contributed by atoms with Crippen LogP contribution in [0.5, 0.6) is 0 Å². The van der Waals surface area contributed by atoms with E-state index in [0.29, 0.717) is 0 Å². The lowest BCUT2D eigenvalue weighted by Crippen LogP contribution is -2.03. The van der Waals surface area contributed by atoms with E-state index in [9.17, 15) is 9.59 Å². The SMILES string of the molecule is CCCCCCCCCCCCCCCCCC/C=C/C1CC(=O)OC1=O. The number of unbranched alkanes of at least 4 members (excludes halogenated alkanes) is 16. The lowest BCUT2D eigenvalue weighted by atomic mass is 10.0. The summed E-state index contributed by atoms with van der Waals surface area (Å²) >= 11 is 0. The Morgan fingerprint density at radius 1 is 0.741 bits per heavy atom. The Morgan fingerprint density at radius 3 is 1.59 bits per heavy atom. The van der Waals surface area contributed by atoms with Crippen molar-refractivity contribution in [3.8, 4) is 0 Å². The Kier molecular flexibility index (Phi) is 15.1. The second-order valence-corrected chi connectivity index (χ2v) is 8.12. The van der Waals surface area contributed by atoms with E-state index >= 15 is 0 Å². The molecule has 3 nitrogen and oxygen atoms in total. The first-order valence-electron chi connectivity index (χ1n) is 11.6. The van der Waals surface area contributed by atoms with Gasteiger partial charge in [-0.05, 0) is 12.8 Å². The molecule has 1 unspecified atom stereocenters. The predicted octanol–water partition coefficient (Wildman–Crippen LogP) is 7.28. The molecule has 1 heterocycles. The van der Waals surface area contributed by atoms with Gasteiger partial charge < -0.3 is 4.74 Å². The molecule has 3 heteroatoms. The van der Waals surface area contributed by atoms with Gasteiger partial charge in [-0.2, -0.15) is 0 Å². The average molecular weight is 379 g/mol. The largest absolute Gasteiger partial charge is 0.393 e. The van der Waals surface area contributed by atoms with Crippen LogP contribution in [0.3, 0.4) is 0 Å². The molecule has 0 radical (unpaired) electrons. The maximum Gasteiger partial charge on any atom is 0.321 e. The third kappa shape index (κ3) is 13.7. The number of rotatable bonds is 18. The summed E-state index contributed by atoms with van der Waals surface area (Å²) in [6.45, 7) is 2.28. The van der Waals surface area contributed by atoms with Gasteiger partial charge in [0, 0.05) is 0 Å². The Morgan fingerprint density at radius 2 is 1.19 bits per heavy atom. The van der Waals surface area contributed by atoms with E-state index in [1.165, 1.54) is 103 Å². The number of hydrogen-bond donors (Lipinski definition) is 0. The van der Waals surface area contributed by atoms with Crippen molar-refractivity contribution < 1.29 is 14.3 Å². The van der Waals surface area contributed by atoms with Gasteiger partial charge in [0.2, 0.25) is 0 Å². The normalized spacial score (nSPS) is 17.1. The first-order valence-corrected chi connectivity index (χ1v) is 11.6. The zero-order valence-corrected chi connectivity index (χ0v) is 17.7. The molecule has 0 bridgehead atoms.